The molecular weight excluding hydrogens is 286 g/mol. The van der Waals surface area contributed by atoms with Crippen LogP contribution in [0.3, 0.4) is 0 Å². The van der Waals surface area contributed by atoms with Crippen LogP contribution in [0.25, 0.3) is 0 Å². The van der Waals surface area contributed by atoms with Gasteiger partial charge in [0.2, 0.25) is 0 Å². The molecule has 0 fully saturated rings. The molecule has 0 saturated carbocycles. The van der Waals surface area contributed by atoms with Crippen molar-refractivity contribution in [2.75, 3.05) is 0 Å². The van der Waals surface area contributed by atoms with Gasteiger partial charge in [-0.1, -0.05) is 54.6 Å². The van der Waals surface area contributed by atoms with Gasteiger partial charge in [0.05, 0.1) is 0 Å². The van der Waals surface area contributed by atoms with E-state index in [0.29, 0.717) is 0 Å². The van der Waals surface area contributed by atoms with Gasteiger partial charge in [-0.3, -0.25) is 0 Å². The maximum atomic E-state index is 6.15. The molecule has 0 radical (unpaired) electrons. The molecule has 106 valence electrons. The minimum Gasteiger partial charge on any atom is -0.327 e. The van der Waals surface area contributed by atoms with E-state index in [-0.39, 0.29) is 6.04 Å². The van der Waals surface area contributed by atoms with Crippen molar-refractivity contribution in [1.29, 1.82) is 0 Å². The summed E-state index contributed by atoms with van der Waals surface area (Å²) >= 11 is 7.92. The Bertz CT molecular complexity index is 583. The molecule has 20 heavy (non-hydrogen) atoms. The molecule has 0 spiro atoms. The molecule has 0 saturated heterocycles. The van der Waals surface area contributed by atoms with Crippen LogP contribution >= 0.6 is 23.4 Å². The zero-order valence-corrected chi connectivity index (χ0v) is 13.5. The Balaban J connectivity index is 2.30. The highest BCUT2D eigenvalue weighted by Gasteiger charge is 2.10. The topological polar surface area (TPSA) is 26.0 Å². The Morgan fingerprint density at radius 3 is 2.60 bits per heavy atom. The minimum absolute atomic E-state index is 0.201. The van der Waals surface area contributed by atoms with Crippen LogP contribution in [0.15, 0.2) is 52.3 Å². The molecule has 3 heteroatoms. The normalized spacial score (nSPS) is 12.4. The van der Waals surface area contributed by atoms with Crippen LogP contribution in [-0.4, -0.2) is 6.04 Å². The van der Waals surface area contributed by atoms with Gasteiger partial charge in [0.15, 0.2) is 0 Å². The third-order valence-electron chi connectivity index (χ3n) is 3.35. The summed E-state index contributed by atoms with van der Waals surface area (Å²) in [6.45, 7) is 4.25. The van der Waals surface area contributed by atoms with Gasteiger partial charge >= 0.3 is 0 Å². The van der Waals surface area contributed by atoms with Crippen molar-refractivity contribution < 1.29 is 0 Å². The monoisotopic (exact) mass is 305 g/mol. The van der Waals surface area contributed by atoms with Gasteiger partial charge in [-0.05, 0) is 49.1 Å². The van der Waals surface area contributed by atoms with Gasteiger partial charge in [-0.25, -0.2) is 0 Å². The summed E-state index contributed by atoms with van der Waals surface area (Å²) in [5.41, 5.74) is 8.65. The highest BCUT2D eigenvalue weighted by atomic mass is 35.5. The Morgan fingerprint density at radius 2 is 1.90 bits per heavy atom. The summed E-state index contributed by atoms with van der Waals surface area (Å²) in [4.78, 5) is 2.47. The highest BCUT2D eigenvalue weighted by molar-refractivity contribution is 7.99. The van der Waals surface area contributed by atoms with E-state index in [0.717, 1.165) is 17.9 Å². The predicted molar refractivity (Wildman–Crippen MR) is 88.7 cm³/mol. The van der Waals surface area contributed by atoms with Crippen LogP contribution in [-0.2, 0) is 6.42 Å². The van der Waals surface area contributed by atoms with Crippen molar-refractivity contribution >= 4 is 23.4 Å². The fraction of sp³-hybridized carbons (Fsp3) is 0.294. The zero-order valence-electron chi connectivity index (χ0n) is 11.9. The van der Waals surface area contributed by atoms with Crippen LogP contribution < -0.4 is 5.73 Å². The van der Waals surface area contributed by atoms with Gasteiger partial charge in [0.25, 0.3) is 0 Å². The van der Waals surface area contributed by atoms with Crippen LogP contribution in [0.4, 0.5) is 0 Å². The standard InChI is InChI=1S/C17H20ClNS/c1-3-15(19)10-13-8-9-14(18)11-17(13)20-16-7-5-4-6-12(16)2/h4-9,11,15H,3,10,19H2,1-2H3. The van der Waals surface area contributed by atoms with Crippen LogP contribution in [0.1, 0.15) is 24.5 Å². The number of halogens is 1. The highest BCUT2D eigenvalue weighted by Crippen LogP contribution is 2.34. The van der Waals surface area contributed by atoms with Gasteiger partial charge in [-0.2, -0.15) is 0 Å². The van der Waals surface area contributed by atoms with E-state index in [1.54, 1.807) is 11.8 Å². The Morgan fingerprint density at radius 1 is 1.15 bits per heavy atom. The van der Waals surface area contributed by atoms with Gasteiger partial charge in [0, 0.05) is 20.9 Å². The van der Waals surface area contributed by atoms with Crippen molar-refractivity contribution in [3.8, 4) is 0 Å². The van der Waals surface area contributed by atoms with E-state index in [4.69, 9.17) is 17.3 Å². The first-order valence-corrected chi connectivity index (χ1v) is 8.07. The van der Waals surface area contributed by atoms with E-state index in [1.165, 1.54) is 20.9 Å². The van der Waals surface area contributed by atoms with E-state index in [9.17, 15) is 0 Å². The van der Waals surface area contributed by atoms with Crippen LogP contribution in [0.5, 0.6) is 0 Å². The minimum atomic E-state index is 0.201. The second-order valence-corrected chi connectivity index (χ2v) is 6.51. The molecule has 0 aliphatic carbocycles. The number of benzene rings is 2. The largest absolute Gasteiger partial charge is 0.327 e. The number of rotatable bonds is 5. The second-order valence-electron chi connectivity index (χ2n) is 4.99. The molecule has 0 aliphatic heterocycles. The van der Waals surface area contributed by atoms with Crippen molar-refractivity contribution in [1.82, 2.24) is 0 Å². The van der Waals surface area contributed by atoms with E-state index in [1.807, 2.05) is 12.1 Å². The summed E-state index contributed by atoms with van der Waals surface area (Å²) in [5.74, 6) is 0. The average Bonchev–Trinajstić information content (AvgIpc) is 2.44. The fourth-order valence-electron chi connectivity index (χ4n) is 2.01. The molecule has 0 amide bonds. The van der Waals surface area contributed by atoms with Crippen molar-refractivity contribution in [3.05, 3.63) is 58.6 Å². The van der Waals surface area contributed by atoms with Gasteiger partial charge in [0.1, 0.15) is 0 Å². The summed E-state index contributed by atoms with van der Waals surface area (Å²) in [7, 11) is 0. The fourth-order valence-corrected chi connectivity index (χ4v) is 3.33. The predicted octanol–water partition coefficient (Wildman–Crippen LogP) is 5.08. The first-order chi connectivity index (χ1) is 9.60. The molecule has 1 atom stereocenters. The second kappa shape index (κ2) is 7.16. The lowest BCUT2D eigenvalue weighted by Crippen LogP contribution is -2.21. The smallest absolute Gasteiger partial charge is 0.0417 e. The van der Waals surface area contributed by atoms with Crippen LogP contribution in [0.2, 0.25) is 5.02 Å². The van der Waals surface area contributed by atoms with Crippen LogP contribution in [0, 0.1) is 6.92 Å². The van der Waals surface area contributed by atoms with Gasteiger partial charge < -0.3 is 5.73 Å². The van der Waals surface area contributed by atoms with E-state index in [2.05, 4.69) is 44.2 Å². The molecule has 2 aromatic rings. The van der Waals surface area contributed by atoms with Crippen molar-refractivity contribution in [2.45, 2.75) is 42.5 Å². The quantitative estimate of drug-likeness (QED) is 0.833. The van der Waals surface area contributed by atoms with Crippen molar-refractivity contribution in [2.24, 2.45) is 5.73 Å². The molecule has 0 bridgehead atoms. The Kier molecular flexibility index (Phi) is 5.53. The Hall–Kier alpha value is -0.960. The number of hydrogen-bond acceptors (Lipinski definition) is 2. The summed E-state index contributed by atoms with van der Waals surface area (Å²) in [6.07, 6.45) is 1.87. The molecule has 0 aliphatic rings. The lowest BCUT2D eigenvalue weighted by molar-refractivity contribution is 0.641. The maximum absolute atomic E-state index is 6.15. The zero-order chi connectivity index (χ0) is 14.5. The molecule has 0 heterocycles. The summed E-state index contributed by atoms with van der Waals surface area (Å²) < 4.78 is 0. The summed E-state index contributed by atoms with van der Waals surface area (Å²) in [6, 6.07) is 14.7. The maximum Gasteiger partial charge on any atom is 0.0417 e. The average molecular weight is 306 g/mol. The van der Waals surface area contributed by atoms with Crippen molar-refractivity contribution in [3.63, 3.8) is 0 Å². The molecule has 1 nitrogen and oxygen atoms in total. The molecule has 0 aromatic heterocycles. The third-order valence-corrected chi connectivity index (χ3v) is 4.86. The Labute approximate surface area is 130 Å². The van der Waals surface area contributed by atoms with Gasteiger partial charge in [-0.15, -0.1) is 0 Å². The first-order valence-electron chi connectivity index (χ1n) is 6.87. The molecule has 2 aromatic carbocycles. The lowest BCUT2D eigenvalue weighted by Gasteiger charge is -2.14. The lowest BCUT2D eigenvalue weighted by atomic mass is 10.1. The molecule has 2 N–H and O–H groups in total. The summed E-state index contributed by atoms with van der Waals surface area (Å²) in [5, 5.41) is 0.773. The SMILES string of the molecule is CCC(N)Cc1ccc(Cl)cc1Sc1ccccc1C. The first kappa shape index (κ1) is 15.4. The molecular formula is C17H20ClNS. The number of hydrogen-bond donors (Lipinski definition) is 1. The third kappa shape index (κ3) is 4.02. The van der Waals surface area contributed by atoms with E-state index >= 15 is 0 Å². The van der Waals surface area contributed by atoms with E-state index < -0.39 is 0 Å². The number of aryl methyl sites for hydroxylation is 1. The molecule has 1 unspecified atom stereocenters. The number of nitrogens with two attached hydrogens (primary N) is 1. The molecule has 2 rings (SSSR count).